The Labute approximate surface area is 132 Å². The monoisotopic (exact) mass is 305 g/mol. The molecular formula is C17H27N3O2. The van der Waals surface area contributed by atoms with E-state index in [-0.39, 0.29) is 18.5 Å². The molecule has 0 heterocycles. The van der Waals surface area contributed by atoms with Crippen molar-refractivity contribution in [2.75, 3.05) is 13.6 Å². The quantitative estimate of drug-likeness (QED) is 0.756. The third-order valence-corrected chi connectivity index (χ3v) is 3.59. The molecule has 0 aliphatic carbocycles. The first-order valence-corrected chi connectivity index (χ1v) is 7.70. The van der Waals surface area contributed by atoms with E-state index in [0.29, 0.717) is 11.8 Å². The first-order valence-electron chi connectivity index (χ1n) is 7.70. The highest BCUT2D eigenvalue weighted by molar-refractivity contribution is 5.95. The van der Waals surface area contributed by atoms with Crippen LogP contribution in [0.1, 0.15) is 50.8 Å². The molecule has 0 aromatic heterocycles. The molecule has 1 aromatic rings. The van der Waals surface area contributed by atoms with Gasteiger partial charge in [-0.3, -0.25) is 10.1 Å². The summed E-state index contributed by atoms with van der Waals surface area (Å²) in [4.78, 5) is 22.8. The Hall–Kier alpha value is -1.88. The number of benzene rings is 1. The number of hydrogen-bond acceptors (Lipinski definition) is 3. The van der Waals surface area contributed by atoms with Gasteiger partial charge in [0.15, 0.2) is 0 Å². The van der Waals surface area contributed by atoms with Gasteiger partial charge in [-0.05, 0) is 23.0 Å². The average molecular weight is 305 g/mol. The maximum atomic E-state index is 11.7. The fourth-order valence-corrected chi connectivity index (χ4v) is 2.26. The molecule has 1 atom stereocenters. The molecule has 3 amide bonds. The summed E-state index contributed by atoms with van der Waals surface area (Å²) < 4.78 is 0. The van der Waals surface area contributed by atoms with Crippen molar-refractivity contribution in [3.05, 3.63) is 35.4 Å². The SMILES string of the molecule is CNC(=O)NC(=O)CN[C@@H](c1ccc(C(C)C)cc1)C(C)C. The highest BCUT2D eigenvalue weighted by atomic mass is 16.2. The minimum absolute atomic E-state index is 0.0663. The molecule has 5 heteroatoms. The summed E-state index contributed by atoms with van der Waals surface area (Å²) in [6.07, 6.45) is 0. The largest absolute Gasteiger partial charge is 0.341 e. The van der Waals surface area contributed by atoms with Gasteiger partial charge in [-0.2, -0.15) is 0 Å². The Bertz CT molecular complexity index is 495. The van der Waals surface area contributed by atoms with Crippen molar-refractivity contribution >= 4 is 11.9 Å². The predicted molar refractivity (Wildman–Crippen MR) is 88.7 cm³/mol. The second-order valence-electron chi connectivity index (χ2n) is 6.05. The maximum absolute atomic E-state index is 11.7. The van der Waals surface area contributed by atoms with E-state index < -0.39 is 6.03 Å². The van der Waals surface area contributed by atoms with Crippen LogP contribution in [0.2, 0.25) is 0 Å². The molecule has 0 fully saturated rings. The standard InChI is InChI=1S/C17H27N3O2/c1-11(2)13-6-8-14(9-7-13)16(12(3)4)19-10-15(21)20-17(22)18-5/h6-9,11-12,16,19H,10H2,1-5H3,(H2,18,20,21,22)/t16-/m1/s1. The topological polar surface area (TPSA) is 70.2 Å². The highest BCUT2D eigenvalue weighted by Gasteiger charge is 2.17. The van der Waals surface area contributed by atoms with Crippen LogP contribution < -0.4 is 16.0 Å². The molecule has 0 bridgehead atoms. The Morgan fingerprint density at radius 3 is 2.00 bits per heavy atom. The summed E-state index contributed by atoms with van der Waals surface area (Å²) in [6.45, 7) is 8.63. The van der Waals surface area contributed by atoms with Gasteiger partial charge < -0.3 is 10.6 Å². The Morgan fingerprint density at radius 1 is 1.00 bits per heavy atom. The summed E-state index contributed by atoms with van der Waals surface area (Å²) in [7, 11) is 1.48. The molecule has 0 saturated carbocycles. The van der Waals surface area contributed by atoms with Crippen LogP contribution in [0.4, 0.5) is 4.79 Å². The van der Waals surface area contributed by atoms with Gasteiger partial charge in [0.05, 0.1) is 6.54 Å². The van der Waals surface area contributed by atoms with Crippen LogP contribution in [0.5, 0.6) is 0 Å². The van der Waals surface area contributed by atoms with E-state index in [0.717, 1.165) is 5.56 Å². The molecular weight excluding hydrogens is 278 g/mol. The van der Waals surface area contributed by atoms with E-state index in [1.54, 1.807) is 0 Å². The van der Waals surface area contributed by atoms with Gasteiger partial charge in [0.2, 0.25) is 5.91 Å². The summed E-state index contributed by atoms with van der Waals surface area (Å²) in [6, 6.07) is 8.03. The number of rotatable bonds is 6. The fraction of sp³-hybridized carbons (Fsp3) is 0.529. The van der Waals surface area contributed by atoms with Crippen LogP contribution in [-0.2, 0) is 4.79 Å². The minimum atomic E-state index is -0.491. The number of imide groups is 1. The molecule has 0 aliphatic heterocycles. The van der Waals surface area contributed by atoms with Gasteiger partial charge in [-0.15, -0.1) is 0 Å². The van der Waals surface area contributed by atoms with Crippen LogP contribution in [0.3, 0.4) is 0 Å². The van der Waals surface area contributed by atoms with Crippen LogP contribution in [-0.4, -0.2) is 25.5 Å². The first-order chi connectivity index (χ1) is 10.3. The Morgan fingerprint density at radius 2 is 1.55 bits per heavy atom. The van der Waals surface area contributed by atoms with Crippen molar-refractivity contribution in [1.82, 2.24) is 16.0 Å². The zero-order valence-corrected chi connectivity index (χ0v) is 14.1. The summed E-state index contributed by atoms with van der Waals surface area (Å²) in [5.74, 6) is 0.486. The van der Waals surface area contributed by atoms with E-state index in [4.69, 9.17) is 0 Å². The zero-order chi connectivity index (χ0) is 16.7. The second kappa shape index (κ2) is 8.54. The lowest BCUT2D eigenvalue weighted by Gasteiger charge is -2.23. The van der Waals surface area contributed by atoms with Crippen LogP contribution in [0.25, 0.3) is 0 Å². The van der Waals surface area contributed by atoms with E-state index in [1.807, 2.05) is 0 Å². The van der Waals surface area contributed by atoms with Gasteiger partial charge in [0, 0.05) is 13.1 Å². The molecule has 22 heavy (non-hydrogen) atoms. The Balaban J connectivity index is 2.69. The third kappa shape index (κ3) is 5.48. The van der Waals surface area contributed by atoms with Gasteiger partial charge in [-0.1, -0.05) is 52.0 Å². The van der Waals surface area contributed by atoms with Crippen molar-refractivity contribution in [2.45, 2.75) is 39.7 Å². The van der Waals surface area contributed by atoms with Crippen molar-refractivity contribution in [3.8, 4) is 0 Å². The lowest BCUT2D eigenvalue weighted by atomic mass is 9.93. The smallest absolute Gasteiger partial charge is 0.321 e. The normalized spacial score (nSPS) is 12.3. The molecule has 1 rings (SSSR count). The second-order valence-corrected chi connectivity index (χ2v) is 6.05. The van der Waals surface area contributed by atoms with Crippen molar-refractivity contribution in [2.24, 2.45) is 5.92 Å². The molecule has 122 valence electrons. The number of hydrogen-bond donors (Lipinski definition) is 3. The lowest BCUT2D eigenvalue weighted by molar-refractivity contribution is -0.119. The van der Waals surface area contributed by atoms with Gasteiger partial charge in [0.25, 0.3) is 0 Å². The lowest BCUT2D eigenvalue weighted by Crippen LogP contribution is -2.43. The van der Waals surface area contributed by atoms with E-state index >= 15 is 0 Å². The molecule has 0 unspecified atom stereocenters. The number of carbonyl (C=O) groups is 2. The van der Waals surface area contributed by atoms with Crippen LogP contribution in [0.15, 0.2) is 24.3 Å². The van der Waals surface area contributed by atoms with Crippen LogP contribution >= 0.6 is 0 Å². The Kier molecular flexibility index (Phi) is 7.05. The third-order valence-electron chi connectivity index (χ3n) is 3.59. The van der Waals surface area contributed by atoms with Crippen molar-refractivity contribution in [1.29, 1.82) is 0 Å². The van der Waals surface area contributed by atoms with Gasteiger partial charge in [0.1, 0.15) is 0 Å². The van der Waals surface area contributed by atoms with Crippen LogP contribution in [0, 0.1) is 5.92 Å². The molecule has 5 nitrogen and oxygen atoms in total. The summed E-state index contributed by atoms with van der Waals surface area (Å²) >= 11 is 0. The highest BCUT2D eigenvalue weighted by Crippen LogP contribution is 2.23. The molecule has 0 radical (unpaired) electrons. The number of urea groups is 1. The molecule has 1 aromatic carbocycles. The number of amides is 3. The van der Waals surface area contributed by atoms with E-state index in [1.165, 1.54) is 12.6 Å². The molecule has 3 N–H and O–H groups in total. The maximum Gasteiger partial charge on any atom is 0.321 e. The fourth-order valence-electron chi connectivity index (χ4n) is 2.26. The summed E-state index contributed by atoms with van der Waals surface area (Å²) in [5, 5.41) is 7.83. The van der Waals surface area contributed by atoms with E-state index in [9.17, 15) is 9.59 Å². The number of nitrogens with one attached hydrogen (secondary N) is 3. The van der Waals surface area contributed by atoms with Crippen molar-refractivity contribution in [3.63, 3.8) is 0 Å². The molecule has 0 aliphatic rings. The predicted octanol–water partition coefficient (Wildman–Crippen LogP) is 2.55. The van der Waals surface area contributed by atoms with Crippen molar-refractivity contribution < 1.29 is 9.59 Å². The van der Waals surface area contributed by atoms with Gasteiger partial charge >= 0.3 is 6.03 Å². The summed E-state index contributed by atoms with van der Waals surface area (Å²) in [5.41, 5.74) is 2.44. The first kappa shape index (κ1) is 18.2. The average Bonchev–Trinajstić information content (AvgIpc) is 2.47. The van der Waals surface area contributed by atoms with E-state index in [2.05, 4.69) is 67.9 Å². The number of carbonyl (C=O) groups excluding carboxylic acids is 2. The minimum Gasteiger partial charge on any atom is -0.341 e. The molecule has 0 spiro atoms. The molecule has 0 saturated heterocycles. The zero-order valence-electron chi connectivity index (χ0n) is 14.1. The van der Waals surface area contributed by atoms with Gasteiger partial charge in [-0.25, -0.2) is 4.79 Å².